The van der Waals surface area contributed by atoms with E-state index in [1.807, 2.05) is 19.9 Å². The summed E-state index contributed by atoms with van der Waals surface area (Å²) in [6.45, 7) is 13.0. The molecule has 0 saturated carbocycles. The zero-order valence-corrected chi connectivity index (χ0v) is 12.8. The smallest absolute Gasteiger partial charge is 0.253 e. The van der Waals surface area contributed by atoms with Crippen LogP contribution in [0.2, 0.25) is 0 Å². The SMILES string of the molecule is CCn1c(C)cc(C(=O)NCCN2CCNCC2)c1C. The molecule has 0 aliphatic carbocycles. The van der Waals surface area contributed by atoms with Crippen molar-refractivity contribution in [3.8, 4) is 0 Å². The molecule has 0 atom stereocenters. The average molecular weight is 278 g/mol. The lowest BCUT2D eigenvalue weighted by Crippen LogP contribution is -2.46. The molecule has 112 valence electrons. The molecule has 1 aromatic rings. The van der Waals surface area contributed by atoms with Crippen LogP contribution in [0.3, 0.4) is 0 Å². The van der Waals surface area contributed by atoms with Gasteiger partial charge in [-0.1, -0.05) is 0 Å². The maximum atomic E-state index is 12.2. The molecule has 0 spiro atoms. The van der Waals surface area contributed by atoms with Gasteiger partial charge in [-0.2, -0.15) is 0 Å². The highest BCUT2D eigenvalue weighted by molar-refractivity contribution is 5.95. The van der Waals surface area contributed by atoms with Crippen molar-refractivity contribution >= 4 is 5.91 Å². The maximum Gasteiger partial charge on any atom is 0.253 e. The third kappa shape index (κ3) is 3.41. The van der Waals surface area contributed by atoms with E-state index in [0.717, 1.165) is 56.2 Å². The number of piperazine rings is 1. The summed E-state index contributed by atoms with van der Waals surface area (Å²) in [6, 6.07) is 1.99. The molecule has 0 unspecified atom stereocenters. The summed E-state index contributed by atoms with van der Waals surface area (Å²) in [5.41, 5.74) is 3.02. The largest absolute Gasteiger partial charge is 0.351 e. The summed E-state index contributed by atoms with van der Waals surface area (Å²) in [4.78, 5) is 14.6. The summed E-state index contributed by atoms with van der Waals surface area (Å²) < 4.78 is 2.17. The van der Waals surface area contributed by atoms with Crippen LogP contribution in [-0.4, -0.2) is 54.6 Å². The van der Waals surface area contributed by atoms with Crippen molar-refractivity contribution in [3.05, 3.63) is 23.0 Å². The second-order valence-corrected chi connectivity index (χ2v) is 5.38. The zero-order valence-electron chi connectivity index (χ0n) is 12.8. The standard InChI is InChI=1S/C15H26N4O/c1-4-19-12(2)11-14(13(19)3)15(20)17-7-10-18-8-5-16-6-9-18/h11,16H,4-10H2,1-3H3,(H,17,20). The molecule has 5 nitrogen and oxygen atoms in total. The van der Waals surface area contributed by atoms with E-state index in [9.17, 15) is 4.79 Å². The van der Waals surface area contributed by atoms with Crippen molar-refractivity contribution in [3.63, 3.8) is 0 Å². The quantitative estimate of drug-likeness (QED) is 0.836. The molecule has 2 rings (SSSR count). The van der Waals surface area contributed by atoms with Gasteiger partial charge in [0.05, 0.1) is 5.56 Å². The lowest BCUT2D eigenvalue weighted by atomic mass is 10.2. The van der Waals surface area contributed by atoms with E-state index in [1.54, 1.807) is 0 Å². The lowest BCUT2D eigenvalue weighted by Gasteiger charge is -2.27. The average Bonchev–Trinajstić information content (AvgIpc) is 2.74. The predicted octanol–water partition coefficient (Wildman–Crippen LogP) is 0.760. The fourth-order valence-electron chi connectivity index (χ4n) is 2.88. The first-order valence-electron chi connectivity index (χ1n) is 7.51. The van der Waals surface area contributed by atoms with Gasteiger partial charge in [-0.25, -0.2) is 0 Å². The van der Waals surface area contributed by atoms with Crippen molar-refractivity contribution in [1.82, 2.24) is 20.1 Å². The van der Waals surface area contributed by atoms with E-state index in [4.69, 9.17) is 0 Å². The molecule has 2 heterocycles. The van der Waals surface area contributed by atoms with Gasteiger partial charge in [-0.15, -0.1) is 0 Å². The second kappa shape index (κ2) is 6.90. The van der Waals surface area contributed by atoms with Crippen molar-refractivity contribution in [1.29, 1.82) is 0 Å². The Morgan fingerprint density at radius 3 is 2.65 bits per heavy atom. The van der Waals surface area contributed by atoms with Crippen LogP contribution in [0, 0.1) is 13.8 Å². The van der Waals surface area contributed by atoms with Crippen LogP contribution in [0.15, 0.2) is 6.07 Å². The number of aromatic nitrogens is 1. The van der Waals surface area contributed by atoms with E-state index < -0.39 is 0 Å². The van der Waals surface area contributed by atoms with Crippen LogP contribution < -0.4 is 10.6 Å². The van der Waals surface area contributed by atoms with Crippen molar-refractivity contribution in [2.24, 2.45) is 0 Å². The molecule has 0 radical (unpaired) electrons. The number of rotatable bonds is 5. The van der Waals surface area contributed by atoms with E-state index >= 15 is 0 Å². The number of aryl methyl sites for hydroxylation is 1. The highest BCUT2D eigenvalue weighted by Gasteiger charge is 2.15. The van der Waals surface area contributed by atoms with Crippen LogP contribution >= 0.6 is 0 Å². The molecule has 1 aromatic heterocycles. The van der Waals surface area contributed by atoms with Crippen LogP contribution in [0.25, 0.3) is 0 Å². The molecule has 20 heavy (non-hydrogen) atoms. The summed E-state index contributed by atoms with van der Waals surface area (Å²) in [5.74, 6) is 0.0490. The van der Waals surface area contributed by atoms with Crippen LogP contribution in [0.4, 0.5) is 0 Å². The molecule has 1 aliphatic heterocycles. The van der Waals surface area contributed by atoms with E-state index in [-0.39, 0.29) is 5.91 Å². The molecule has 0 bridgehead atoms. The van der Waals surface area contributed by atoms with Gasteiger partial charge in [-0.05, 0) is 26.8 Å². The van der Waals surface area contributed by atoms with Gasteiger partial charge in [0.1, 0.15) is 0 Å². The highest BCUT2D eigenvalue weighted by Crippen LogP contribution is 2.14. The minimum absolute atomic E-state index is 0.0490. The van der Waals surface area contributed by atoms with Gasteiger partial charge >= 0.3 is 0 Å². The molecule has 1 saturated heterocycles. The normalized spacial score (nSPS) is 16.4. The minimum atomic E-state index is 0.0490. The molecule has 1 amide bonds. The topological polar surface area (TPSA) is 49.3 Å². The van der Waals surface area contributed by atoms with Gasteiger partial charge in [0, 0.05) is 57.2 Å². The van der Waals surface area contributed by atoms with Gasteiger partial charge in [0.25, 0.3) is 5.91 Å². The van der Waals surface area contributed by atoms with Crippen molar-refractivity contribution in [2.75, 3.05) is 39.3 Å². The number of carbonyl (C=O) groups is 1. The lowest BCUT2D eigenvalue weighted by molar-refractivity contribution is 0.0946. The Kier molecular flexibility index (Phi) is 5.20. The van der Waals surface area contributed by atoms with E-state index in [0.29, 0.717) is 6.54 Å². The van der Waals surface area contributed by atoms with Crippen molar-refractivity contribution in [2.45, 2.75) is 27.3 Å². The van der Waals surface area contributed by atoms with E-state index in [1.165, 1.54) is 0 Å². The number of nitrogens with one attached hydrogen (secondary N) is 2. The van der Waals surface area contributed by atoms with E-state index in [2.05, 4.69) is 27.0 Å². The molecule has 1 fully saturated rings. The molecule has 0 aromatic carbocycles. The number of amides is 1. The Labute approximate surface area is 121 Å². The number of nitrogens with zero attached hydrogens (tertiary/aromatic N) is 2. The molecular formula is C15H26N4O. The Morgan fingerprint density at radius 2 is 2.05 bits per heavy atom. The summed E-state index contributed by atoms with van der Waals surface area (Å²) in [7, 11) is 0. The Hall–Kier alpha value is -1.33. The third-order valence-corrected chi connectivity index (χ3v) is 4.06. The number of carbonyl (C=O) groups excluding carboxylic acids is 1. The van der Waals surface area contributed by atoms with Gasteiger partial charge in [0.2, 0.25) is 0 Å². The number of hydrogen-bond donors (Lipinski definition) is 2. The Morgan fingerprint density at radius 1 is 1.35 bits per heavy atom. The van der Waals surface area contributed by atoms with Crippen LogP contribution in [0.5, 0.6) is 0 Å². The van der Waals surface area contributed by atoms with Crippen LogP contribution in [0.1, 0.15) is 28.7 Å². The summed E-state index contributed by atoms with van der Waals surface area (Å²) in [5, 5.41) is 6.37. The first-order valence-corrected chi connectivity index (χ1v) is 7.51. The molecule has 5 heteroatoms. The van der Waals surface area contributed by atoms with Gasteiger partial charge < -0.3 is 15.2 Å². The molecule has 1 aliphatic rings. The second-order valence-electron chi connectivity index (χ2n) is 5.38. The summed E-state index contributed by atoms with van der Waals surface area (Å²) >= 11 is 0. The predicted molar refractivity (Wildman–Crippen MR) is 81.2 cm³/mol. The minimum Gasteiger partial charge on any atom is -0.351 e. The Bertz CT molecular complexity index is 461. The highest BCUT2D eigenvalue weighted by atomic mass is 16.1. The monoisotopic (exact) mass is 278 g/mol. The van der Waals surface area contributed by atoms with Gasteiger partial charge in [-0.3, -0.25) is 9.69 Å². The van der Waals surface area contributed by atoms with Gasteiger partial charge in [0.15, 0.2) is 0 Å². The van der Waals surface area contributed by atoms with Crippen LogP contribution in [-0.2, 0) is 6.54 Å². The fourth-order valence-corrected chi connectivity index (χ4v) is 2.88. The fraction of sp³-hybridized carbons (Fsp3) is 0.667. The zero-order chi connectivity index (χ0) is 14.5. The molecule has 2 N–H and O–H groups in total. The maximum absolute atomic E-state index is 12.2. The first-order chi connectivity index (χ1) is 9.63. The number of hydrogen-bond acceptors (Lipinski definition) is 3. The third-order valence-electron chi connectivity index (χ3n) is 4.06. The first kappa shape index (κ1) is 15.1. The Balaban J connectivity index is 1.85. The summed E-state index contributed by atoms with van der Waals surface area (Å²) in [6.07, 6.45) is 0. The van der Waals surface area contributed by atoms with Crippen molar-refractivity contribution < 1.29 is 4.79 Å². The molecular weight excluding hydrogens is 252 g/mol.